The van der Waals surface area contributed by atoms with Crippen molar-refractivity contribution in [3.63, 3.8) is 0 Å². The number of amides is 1. The second-order valence-electron chi connectivity index (χ2n) is 5.15. The third-order valence-corrected chi connectivity index (χ3v) is 4.92. The molecular formula is C14H17NO3S. The molecule has 19 heavy (non-hydrogen) atoms. The molecule has 1 unspecified atom stereocenters. The van der Waals surface area contributed by atoms with E-state index in [0.29, 0.717) is 18.2 Å². The molecule has 0 spiro atoms. The van der Waals surface area contributed by atoms with Crippen molar-refractivity contribution < 1.29 is 14.3 Å². The summed E-state index contributed by atoms with van der Waals surface area (Å²) < 4.78 is 10.7. The highest BCUT2D eigenvalue weighted by Crippen LogP contribution is 2.35. The minimum atomic E-state index is 0.223. The predicted molar refractivity (Wildman–Crippen MR) is 74.2 cm³/mol. The maximum atomic E-state index is 12.0. The van der Waals surface area contributed by atoms with E-state index in [9.17, 15) is 4.79 Å². The van der Waals surface area contributed by atoms with Crippen molar-refractivity contribution in [2.24, 2.45) is 5.92 Å². The first-order valence-electron chi connectivity index (χ1n) is 6.45. The molecule has 5 heteroatoms. The van der Waals surface area contributed by atoms with E-state index in [-0.39, 0.29) is 18.1 Å². The summed E-state index contributed by atoms with van der Waals surface area (Å²) in [6.07, 6.45) is 0. The van der Waals surface area contributed by atoms with Gasteiger partial charge in [0.25, 0.3) is 0 Å². The molecule has 4 nitrogen and oxygen atoms in total. The van der Waals surface area contributed by atoms with Crippen molar-refractivity contribution >= 4 is 17.7 Å². The van der Waals surface area contributed by atoms with E-state index in [0.717, 1.165) is 17.1 Å². The molecule has 1 atom stereocenters. The number of carbonyl (C=O) groups excluding carboxylic acids is 1. The molecular weight excluding hydrogens is 262 g/mol. The lowest BCUT2D eigenvalue weighted by molar-refractivity contribution is -0.129. The molecule has 1 aromatic rings. The third kappa shape index (κ3) is 2.39. The predicted octanol–water partition coefficient (Wildman–Crippen LogP) is 2.47. The van der Waals surface area contributed by atoms with Crippen LogP contribution in [0.1, 0.15) is 19.4 Å². The lowest BCUT2D eigenvalue weighted by Gasteiger charge is -2.26. The van der Waals surface area contributed by atoms with Crippen LogP contribution in [0.15, 0.2) is 18.2 Å². The molecule has 0 aliphatic carbocycles. The fourth-order valence-corrected chi connectivity index (χ4v) is 3.67. The average Bonchev–Trinajstić information content (AvgIpc) is 2.97. The molecule has 1 aromatic carbocycles. The van der Waals surface area contributed by atoms with Gasteiger partial charge in [0.15, 0.2) is 11.5 Å². The number of hydrogen-bond donors (Lipinski definition) is 0. The van der Waals surface area contributed by atoms with Gasteiger partial charge in [-0.3, -0.25) is 4.79 Å². The van der Waals surface area contributed by atoms with Gasteiger partial charge in [-0.15, -0.1) is 11.8 Å². The van der Waals surface area contributed by atoms with Gasteiger partial charge < -0.3 is 14.4 Å². The SMILES string of the molecule is CC(C)C1SCC(=O)N1Cc1ccc2c(c1)OCO2. The summed E-state index contributed by atoms with van der Waals surface area (Å²) >= 11 is 1.73. The Morgan fingerprint density at radius 1 is 1.37 bits per heavy atom. The van der Waals surface area contributed by atoms with Gasteiger partial charge in [0.2, 0.25) is 12.7 Å². The highest BCUT2D eigenvalue weighted by Gasteiger charge is 2.33. The van der Waals surface area contributed by atoms with Crippen LogP contribution in [0, 0.1) is 5.92 Å². The largest absolute Gasteiger partial charge is 0.454 e. The van der Waals surface area contributed by atoms with E-state index in [2.05, 4.69) is 13.8 Å². The number of ether oxygens (including phenoxy) is 2. The summed E-state index contributed by atoms with van der Waals surface area (Å²) in [5.41, 5.74) is 1.09. The van der Waals surface area contributed by atoms with Gasteiger partial charge in [0.1, 0.15) is 0 Å². The van der Waals surface area contributed by atoms with Crippen LogP contribution in [-0.4, -0.2) is 28.7 Å². The Hall–Kier alpha value is -1.36. The monoisotopic (exact) mass is 279 g/mol. The van der Waals surface area contributed by atoms with E-state index in [1.54, 1.807) is 11.8 Å². The summed E-state index contributed by atoms with van der Waals surface area (Å²) in [7, 11) is 0. The smallest absolute Gasteiger partial charge is 0.233 e. The Labute approximate surface area is 117 Å². The molecule has 2 aliphatic heterocycles. The van der Waals surface area contributed by atoms with Gasteiger partial charge in [0, 0.05) is 6.54 Å². The number of rotatable bonds is 3. The summed E-state index contributed by atoms with van der Waals surface area (Å²) in [5.74, 6) is 2.84. The number of carbonyl (C=O) groups is 1. The summed E-state index contributed by atoms with van der Waals surface area (Å²) in [5, 5.41) is 0.276. The summed E-state index contributed by atoms with van der Waals surface area (Å²) in [6.45, 7) is 5.24. The highest BCUT2D eigenvalue weighted by molar-refractivity contribution is 8.01. The van der Waals surface area contributed by atoms with Crippen molar-refractivity contribution in [3.05, 3.63) is 23.8 Å². The van der Waals surface area contributed by atoms with E-state index in [1.807, 2.05) is 23.1 Å². The van der Waals surface area contributed by atoms with Gasteiger partial charge in [0.05, 0.1) is 11.1 Å². The van der Waals surface area contributed by atoms with Crippen molar-refractivity contribution in [1.82, 2.24) is 4.90 Å². The lowest BCUT2D eigenvalue weighted by atomic mass is 10.1. The van der Waals surface area contributed by atoms with E-state index in [4.69, 9.17) is 9.47 Å². The Morgan fingerprint density at radius 2 is 2.16 bits per heavy atom. The van der Waals surface area contributed by atoms with Crippen molar-refractivity contribution in [3.8, 4) is 11.5 Å². The van der Waals surface area contributed by atoms with Crippen LogP contribution in [0.5, 0.6) is 11.5 Å². The number of benzene rings is 1. The minimum absolute atomic E-state index is 0.223. The maximum Gasteiger partial charge on any atom is 0.233 e. The first-order chi connectivity index (χ1) is 9.15. The van der Waals surface area contributed by atoms with Crippen LogP contribution in [0.4, 0.5) is 0 Å². The minimum Gasteiger partial charge on any atom is -0.454 e. The van der Waals surface area contributed by atoms with Gasteiger partial charge >= 0.3 is 0 Å². The first-order valence-corrected chi connectivity index (χ1v) is 7.49. The molecule has 0 aromatic heterocycles. The number of nitrogens with zero attached hydrogens (tertiary/aromatic N) is 1. The second-order valence-corrected chi connectivity index (χ2v) is 6.26. The highest BCUT2D eigenvalue weighted by atomic mass is 32.2. The fraction of sp³-hybridized carbons (Fsp3) is 0.500. The maximum absolute atomic E-state index is 12.0. The molecule has 3 rings (SSSR count). The van der Waals surface area contributed by atoms with Crippen molar-refractivity contribution in [2.45, 2.75) is 25.8 Å². The van der Waals surface area contributed by atoms with Gasteiger partial charge in [-0.2, -0.15) is 0 Å². The van der Waals surface area contributed by atoms with Gasteiger partial charge in [-0.1, -0.05) is 19.9 Å². The van der Waals surface area contributed by atoms with Crippen LogP contribution in [0.2, 0.25) is 0 Å². The van der Waals surface area contributed by atoms with Crippen LogP contribution in [0.25, 0.3) is 0 Å². The molecule has 2 aliphatic rings. The Balaban J connectivity index is 1.78. The fourth-order valence-electron chi connectivity index (χ4n) is 2.44. The van der Waals surface area contributed by atoms with Crippen LogP contribution < -0.4 is 9.47 Å². The molecule has 0 N–H and O–H groups in total. The lowest BCUT2D eigenvalue weighted by Crippen LogP contribution is -2.35. The zero-order chi connectivity index (χ0) is 13.4. The molecule has 102 valence electrons. The molecule has 1 saturated heterocycles. The molecule has 1 amide bonds. The summed E-state index contributed by atoms with van der Waals surface area (Å²) in [4.78, 5) is 13.9. The van der Waals surface area contributed by atoms with Crippen molar-refractivity contribution in [2.75, 3.05) is 12.5 Å². The van der Waals surface area contributed by atoms with E-state index >= 15 is 0 Å². The third-order valence-electron chi connectivity index (χ3n) is 3.37. The Kier molecular flexibility index (Phi) is 3.31. The van der Waals surface area contributed by atoms with Crippen molar-refractivity contribution in [1.29, 1.82) is 0 Å². The normalized spacial score (nSPS) is 21.5. The van der Waals surface area contributed by atoms with Gasteiger partial charge in [-0.25, -0.2) is 0 Å². The molecule has 0 saturated carbocycles. The number of thioether (sulfide) groups is 1. The van der Waals surface area contributed by atoms with Gasteiger partial charge in [-0.05, 0) is 23.6 Å². The van der Waals surface area contributed by atoms with Crippen LogP contribution in [-0.2, 0) is 11.3 Å². The molecule has 0 bridgehead atoms. The molecule has 0 radical (unpaired) electrons. The van der Waals surface area contributed by atoms with E-state index in [1.165, 1.54) is 0 Å². The van der Waals surface area contributed by atoms with E-state index < -0.39 is 0 Å². The molecule has 1 fully saturated rings. The van der Waals surface area contributed by atoms with Crippen LogP contribution >= 0.6 is 11.8 Å². The zero-order valence-electron chi connectivity index (χ0n) is 11.1. The topological polar surface area (TPSA) is 38.8 Å². The zero-order valence-corrected chi connectivity index (χ0v) is 11.9. The Bertz CT molecular complexity index is 503. The number of hydrogen-bond acceptors (Lipinski definition) is 4. The number of fused-ring (bicyclic) bond motifs is 1. The van der Waals surface area contributed by atoms with Crippen LogP contribution in [0.3, 0.4) is 0 Å². The second kappa shape index (κ2) is 4.96. The Morgan fingerprint density at radius 3 is 2.95 bits per heavy atom. The summed E-state index contributed by atoms with van der Waals surface area (Å²) in [6, 6.07) is 5.88. The average molecular weight is 279 g/mol. The molecule has 2 heterocycles. The first kappa shape index (κ1) is 12.7. The standard InChI is InChI=1S/C14H17NO3S/c1-9(2)14-15(13(16)7-19-14)6-10-3-4-11-12(5-10)18-8-17-11/h3-5,9,14H,6-8H2,1-2H3. The quantitative estimate of drug-likeness (QED) is 0.852.